The van der Waals surface area contributed by atoms with Crippen LogP contribution in [0.1, 0.15) is 54.7 Å². The van der Waals surface area contributed by atoms with Gasteiger partial charge in [-0.1, -0.05) is 0 Å². The van der Waals surface area contributed by atoms with Gasteiger partial charge in [0.2, 0.25) is 0 Å². The van der Waals surface area contributed by atoms with Crippen molar-refractivity contribution in [3.05, 3.63) is 22.5 Å². The second-order valence-electron chi connectivity index (χ2n) is 7.53. The quantitative estimate of drug-likeness (QED) is 0.840. The van der Waals surface area contributed by atoms with Gasteiger partial charge in [0.25, 0.3) is 0 Å². The highest BCUT2D eigenvalue weighted by Crippen LogP contribution is 2.38. The predicted molar refractivity (Wildman–Crippen MR) is 97.2 cm³/mol. The third-order valence-electron chi connectivity index (χ3n) is 5.92. The molecule has 0 saturated heterocycles. The molecule has 0 atom stereocenters. The number of hydrogen-bond acceptors (Lipinski definition) is 4. The van der Waals surface area contributed by atoms with Gasteiger partial charge in [-0.15, -0.1) is 11.3 Å². The standard InChI is InChI=1S/C19H27N3S/c1-22(2)14-9-6-13(7-10-14)8-11-16-18-15-4-3-5-17(15)23-19(18)21-12-20-16/h12-14H,3-11H2,1-2H3/t13-,14-. The summed E-state index contributed by atoms with van der Waals surface area (Å²) in [7, 11) is 4.44. The van der Waals surface area contributed by atoms with E-state index in [2.05, 4.69) is 29.0 Å². The van der Waals surface area contributed by atoms with E-state index in [9.17, 15) is 0 Å². The molecule has 0 aromatic carbocycles. The molecular formula is C19H27N3S. The van der Waals surface area contributed by atoms with Crippen molar-refractivity contribution in [2.45, 2.75) is 63.8 Å². The SMILES string of the molecule is CN(C)[C@H]1CC[C@H](CCc2ncnc3sc4c(c23)CCC4)CC1. The molecule has 2 aliphatic rings. The first kappa shape index (κ1) is 15.5. The molecule has 2 aliphatic carbocycles. The smallest absolute Gasteiger partial charge is 0.127 e. The summed E-state index contributed by atoms with van der Waals surface area (Å²) in [5, 5.41) is 1.42. The molecular weight excluding hydrogens is 302 g/mol. The monoisotopic (exact) mass is 329 g/mol. The summed E-state index contributed by atoms with van der Waals surface area (Å²) in [6.07, 6.45) is 13.5. The van der Waals surface area contributed by atoms with Gasteiger partial charge in [0, 0.05) is 16.3 Å². The Morgan fingerprint density at radius 1 is 1.13 bits per heavy atom. The molecule has 0 bridgehead atoms. The molecule has 0 amide bonds. The summed E-state index contributed by atoms with van der Waals surface area (Å²) >= 11 is 1.91. The van der Waals surface area contributed by atoms with Gasteiger partial charge in [-0.2, -0.15) is 0 Å². The van der Waals surface area contributed by atoms with Crippen LogP contribution >= 0.6 is 11.3 Å². The molecule has 2 heterocycles. The van der Waals surface area contributed by atoms with Gasteiger partial charge in [-0.05, 0) is 83.4 Å². The second-order valence-corrected chi connectivity index (χ2v) is 8.62. The zero-order valence-corrected chi connectivity index (χ0v) is 15.2. The summed E-state index contributed by atoms with van der Waals surface area (Å²) in [5.74, 6) is 0.892. The van der Waals surface area contributed by atoms with Gasteiger partial charge in [-0.3, -0.25) is 0 Å². The van der Waals surface area contributed by atoms with Gasteiger partial charge < -0.3 is 4.90 Å². The maximum Gasteiger partial charge on any atom is 0.127 e. The highest BCUT2D eigenvalue weighted by atomic mass is 32.1. The van der Waals surface area contributed by atoms with Crippen molar-refractivity contribution in [3.63, 3.8) is 0 Å². The lowest BCUT2D eigenvalue weighted by Gasteiger charge is -2.32. The molecule has 1 fully saturated rings. The maximum absolute atomic E-state index is 4.67. The molecule has 4 rings (SSSR count). The number of rotatable bonds is 4. The molecule has 2 aromatic rings. The minimum Gasteiger partial charge on any atom is -0.306 e. The molecule has 124 valence electrons. The van der Waals surface area contributed by atoms with Crippen LogP contribution in [0, 0.1) is 5.92 Å². The maximum atomic E-state index is 4.67. The Balaban J connectivity index is 1.45. The summed E-state index contributed by atoms with van der Waals surface area (Å²) in [5.41, 5.74) is 2.90. The van der Waals surface area contributed by atoms with Crippen molar-refractivity contribution in [2.24, 2.45) is 5.92 Å². The Hall–Kier alpha value is -1.00. The van der Waals surface area contributed by atoms with Gasteiger partial charge in [0.1, 0.15) is 11.2 Å². The fraction of sp³-hybridized carbons (Fsp3) is 0.684. The minimum atomic E-state index is 0.803. The Kier molecular flexibility index (Phi) is 4.37. The summed E-state index contributed by atoms with van der Waals surface area (Å²) in [6.45, 7) is 0. The number of nitrogens with zero attached hydrogens (tertiary/aromatic N) is 3. The Morgan fingerprint density at radius 3 is 2.74 bits per heavy atom. The largest absolute Gasteiger partial charge is 0.306 e. The normalized spacial score (nSPS) is 24.5. The second kappa shape index (κ2) is 6.48. The van der Waals surface area contributed by atoms with Gasteiger partial charge in [0.05, 0.1) is 5.69 Å². The number of fused-ring (bicyclic) bond motifs is 3. The lowest BCUT2D eigenvalue weighted by atomic mass is 9.82. The van der Waals surface area contributed by atoms with Crippen LogP contribution in [0.3, 0.4) is 0 Å². The van der Waals surface area contributed by atoms with Gasteiger partial charge in [-0.25, -0.2) is 9.97 Å². The van der Waals surface area contributed by atoms with Crippen molar-refractivity contribution in [1.29, 1.82) is 0 Å². The average Bonchev–Trinajstić information content (AvgIpc) is 3.14. The van der Waals surface area contributed by atoms with Crippen LogP contribution in [-0.4, -0.2) is 35.0 Å². The van der Waals surface area contributed by atoms with Gasteiger partial charge >= 0.3 is 0 Å². The first-order chi connectivity index (χ1) is 11.2. The van der Waals surface area contributed by atoms with E-state index in [1.54, 1.807) is 16.8 Å². The Labute approximate surface area is 143 Å². The zero-order chi connectivity index (χ0) is 15.8. The number of thiophene rings is 1. The van der Waals surface area contributed by atoms with Crippen LogP contribution in [0.15, 0.2) is 6.33 Å². The van der Waals surface area contributed by atoms with Crippen molar-refractivity contribution in [3.8, 4) is 0 Å². The first-order valence-electron chi connectivity index (χ1n) is 9.13. The van der Waals surface area contributed by atoms with Crippen molar-refractivity contribution in [1.82, 2.24) is 14.9 Å². The number of aromatic nitrogens is 2. The Morgan fingerprint density at radius 2 is 1.96 bits per heavy atom. The van der Waals surface area contributed by atoms with E-state index >= 15 is 0 Å². The molecule has 1 saturated carbocycles. The summed E-state index contributed by atoms with van der Waals surface area (Å²) in [4.78, 5) is 14.4. The molecule has 0 N–H and O–H groups in total. The molecule has 0 spiro atoms. The number of hydrogen-bond donors (Lipinski definition) is 0. The van der Waals surface area contributed by atoms with Crippen LogP contribution in [0.25, 0.3) is 10.2 Å². The average molecular weight is 330 g/mol. The third kappa shape index (κ3) is 3.03. The highest BCUT2D eigenvalue weighted by Gasteiger charge is 2.24. The van der Waals surface area contributed by atoms with Crippen LogP contribution in [0.2, 0.25) is 0 Å². The van der Waals surface area contributed by atoms with Crippen LogP contribution < -0.4 is 0 Å². The molecule has 0 radical (unpaired) electrons. The van der Waals surface area contributed by atoms with E-state index in [1.807, 2.05) is 11.3 Å². The van der Waals surface area contributed by atoms with Gasteiger partial charge in [0.15, 0.2) is 0 Å². The third-order valence-corrected chi connectivity index (χ3v) is 7.12. The Bertz CT molecular complexity index is 683. The molecule has 2 aromatic heterocycles. The van der Waals surface area contributed by atoms with E-state index in [0.29, 0.717) is 0 Å². The van der Waals surface area contributed by atoms with E-state index in [0.717, 1.165) is 18.4 Å². The fourth-order valence-electron chi connectivity index (χ4n) is 4.47. The fourth-order valence-corrected chi connectivity index (χ4v) is 5.72. The van der Waals surface area contributed by atoms with Crippen LogP contribution in [-0.2, 0) is 19.3 Å². The van der Waals surface area contributed by atoms with E-state index in [-0.39, 0.29) is 0 Å². The topological polar surface area (TPSA) is 29.0 Å². The van der Waals surface area contributed by atoms with Crippen LogP contribution in [0.4, 0.5) is 0 Å². The first-order valence-corrected chi connectivity index (χ1v) is 9.94. The van der Waals surface area contributed by atoms with Crippen LogP contribution in [0.5, 0.6) is 0 Å². The van der Waals surface area contributed by atoms with Crippen molar-refractivity contribution < 1.29 is 0 Å². The molecule has 0 aliphatic heterocycles. The van der Waals surface area contributed by atoms with Crippen molar-refractivity contribution >= 4 is 21.6 Å². The van der Waals surface area contributed by atoms with E-state index < -0.39 is 0 Å². The lowest BCUT2D eigenvalue weighted by Crippen LogP contribution is -2.32. The minimum absolute atomic E-state index is 0.803. The molecule has 23 heavy (non-hydrogen) atoms. The van der Waals surface area contributed by atoms with Crippen molar-refractivity contribution in [2.75, 3.05) is 14.1 Å². The predicted octanol–water partition coefficient (Wildman–Crippen LogP) is 4.23. The number of aryl methyl sites for hydroxylation is 3. The molecule has 3 nitrogen and oxygen atoms in total. The summed E-state index contributed by atoms with van der Waals surface area (Å²) < 4.78 is 0. The zero-order valence-electron chi connectivity index (χ0n) is 14.3. The highest BCUT2D eigenvalue weighted by molar-refractivity contribution is 7.18. The van der Waals surface area contributed by atoms with E-state index in [4.69, 9.17) is 0 Å². The molecule has 4 heteroatoms. The summed E-state index contributed by atoms with van der Waals surface area (Å²) in [6, 6.07) is 0.803. The molecule has 0 unspecified atom stereocenters. The van der Waals surface area contributed by atoms with E-state index in [1.165, 1.54) is 67.3 Å². The lowest BCUT2D eigenvalue weighted by molar-refractivity contribution is 0.189.